The number of nitrogens with zero attached hydrogens (tertiary/aromatic N) is 1. The normalized spacial score (nSPS) is 11.7. The van der Waals surface area contributed by atoms with Crippen LogP contribution in [0.25, 0.3) is 23.1 Å². The number of benzene rings is 2. The van der Waals surface area contributed by atoms with Gasteiger partial charge in [-0.05, 0) is 22.8 Å². The zero-order valence-electron chi connectivity index (χ0n) is 14.5. The summed E-state index contributed by atoms with van der Waals surface area (Å²) in [4.78, 5) is 11.8. The predicted octanol–water partition coefficient (Wildman–Crippen LogP) is 5.12. The summed E-state index contributed by atoms with van der Waals surface area (Å²) in [6, 6.07) is 16.7. The lowest BCUT2D eigenvalue weighted by atomic mass is 10.00. The third kappa shape index (κ3) is 3.48. The van der Waals surface area contributed by atoms with Gasteiger partial charge in [-0.3, -0.25) is 4.79 Å². The Morgan fingerprint density at radius 1 is 1.04 bits per heavy atom. The molecule has 0 aliphatic rings. The van der Waals surface area contributed by atoms with Crippen LogP contribution in [-0.4, -0.2) is 10.4 Å². The van der Waals surface area contributed by atoms with Crippen LogP contribution in [0.1, 0.15) is 30.5 Å². The highest BCUT2D eigenvalue weighted by Gasteiger charge is 2.07. The van der Waals surface area contributed by atoms with Gasteiger partial charge in [0.1, 0.15) is 5.78 Å². The molecule has 0 unspecified atom stereocenters. The van der Waals surface area contributed by atoms with Crippen molar-refractivity contribution in [2.24, 2.45) is 13.0 Å². The lowest BCUT2D eigenvalue weighted by molar-refractivity contribution is -0.121. The average molecular weight is 317 g/mol. The van der Waals surface area contributed by atoms with Crippen LogP contribution in [0.4, 0.5) is 0 Å². The molecule has 1 aromatic heterocycles. The average Bonchev–Trinajstić information content (AvgIpc) is 2.91. The molecular weight excluding hydrogens is 294 g/mol. The van der Waals surface area contributed by atoms with Crippen molar-refractivity contribution < 1.29 is 4.79 Å². The predicted molar refractivity (Wildman–Crippen MR) is 102 cm³/mol. The maximum atomic E-state index is 11.8. The van der Waals surface area contributed by atoms with E-state index in [0.717, 1.165) is 11.1 Å². The summed E-state index contributed by atoms with van der Waals surface area (Å²) in [5, 5.41) is 1.26. The molecule has 0 spiro atoms. The minimum absolute atomic E-state index is 0.0935. The first-order valence-electron chi connectivity index (χ1n) is 8.38. The molecule has 0 aliphatic heterocycles. The maximum absolute atomic E-state index is 11.8. The highest BCUT2D eigenvalue weighted by Crippen LogP contribution is 2.22. The molecule has 2 nitrogen and oxygen atoms in total. The van der Waals surface area contributed by atoms with E-state index in [4.69, 9.17) is 0 Å². The smallest absolute Gasteiger partial charge is 0.139 e. The molecule has 0 amide bonds. The number of aryl methyl sites for hydroxylation is 1. The standard InChI is InChI=1S/C22H23NO/c1-16(2)22(24)14-18-10-8-17(9-11-18)12-13-19-15-23(3)21-7-5-4-6-20(19)21/h4-13,15-16H,14H2,1-3H3/b13-12+. The van der Waals surface area contributed by atoms with Crippen molar-refractivity contribution in [3.63, 3.8) is 0 Å². The maximum Gasteiger partial charge on any atom is 0.139 e. The molecule has 0 saturated heterocycles. The van der Waals surface area contributed by atoms with Crippen molar-refractivity contribution in [2.75, 3.05) is 0 Å². The molecule has 0 N–H and O–H groups in total. The highest BCUT2D eigenvalue weighted by atomic mass is 16.1. The number of ketones is 1. The molecule has 0 radical (unpaired) electrons. The summed E-state index contributed by atoms with van der Waals surface area (Å²) in [6.45, 7) is 3.90. The second kappa shape index (κ2) is 6.88. The Labute approximate surface area is 143 Å². The first kappa shape index (κ1) is 16.3. The summed E-state index contributed by atoms with van der Waals surface area (Å²) in [7, 11) is 2.07. The lowest BCUT2D eigenvalue weighted by Gasteiger charge is -2.04. The van der Waals surface area contributed by atoms with Crippen molar-refractivity contribution in [1.29, 1.82) is 0 Å². The first-order chi connectivity index (χ1) is 11.5. The molecule has 0 bridgehead atoms. The second-order valence-corrected chi connectivity index (χ2v) is 6.59. The van der Waals surface area contributed by atoms with E-state index in [1.165, 1.54) is 16.5 Å². The molecule has 122 valence electrons. The van der Waals surface area contributed by atoms with E-state index < -0.39 is 0 Å². The minimum Gasteiger partial charge on any atom is -0.350 e. The van der Waals surface area contributed by atoms with Crippen LogP contribution in [0, 0.1) is 5.92 Å². The van der Waals surface area contributed by atoms with E-state index in [1.54, 1.807) is 0 Å². The molecule has 24 heavy (non-hydrogen) atoms. The van der Waals surface area contributed by atoms with Gasteiger partial charge in [-0.1, -0.05) is 68.5 Å². The third-order valence-electron chi connectivity index (χ3n) is 4.39. The Morgan fingerprint density at radius 3 is 2.46 bits per heavy atom. The van der Waals surface area contributed by atoms with E-state index in [-0.39, 0.29) is 11.7 Å². The molecule has 3 aromatic rings. The van der Waals surface area contributed by atoms with E-state index in [1.807, 2.05) is 26.0 Å². The number of carbonyl (C=O) groups excluding carboxylic acids is 1. The Balaban J connectivity index is 1.78. The molecule has 2 aromatic carbocycles. The van der Waals surface area contributed by atoms with Crippen molar-refractivity contribution in [3.05, 3.63) is 71.4 Å². The summed E-state index contributed by atoms with van der Waals surface area (Å²) in [5.41, 5.74) is 4.67. The Kier molecular flexibility index (Phi) is 4.66. The monoisotopic (exact) mass is 317 g/mol. The van der Waals surface area contributed by atoms with Gasteiger partial charge in [-0.25, -0.2) is 0 Å². The number of fused-ring (bicyclic) bond motifs is 1. The fourth-order valence-corrected chi connectivity index (χ4v) is 2.84. The zero-order valence-corrected chi connectivity index (χ0v) is 14.5. The molecule has 1 heterocycles. The molecule has 0 aliphatic carbocycles. The quantitative estimate of drug-likeness (QED) is 0.640. The van der Waals surface area contributed by atoms with Crippen molar-refractivity contribution >= 4 is 28.8 Å². The van der Waals surface area contributed by atoms with E-state index in [2.05, 4.69) is 66.4 Å². The summed E-state index contributed by atoms with van der Waals surface area (Å²) in [6.07, 6.45) is 6.94. The van der Waals surface area contributed by atoms with Crippen LogP contribution in [0.3, 0.4) is 0 Å². The van der Waals surface area contributed by atoms with Gasteiger partial charge in [0.15, 0.2) is 0 Å². The van der Waals surface area contributed by atoms with Crippen molar-refractivity contribution in [3.8, 4) is 0 Å². The fourth-order valence-electron chi connectivity index (χ4n) is 2.84. The van der Waals surface area contributed by atoms with Crippen LogP contribution in [0.5, 0.6) is 0 Å². The van der Waals surface area contributed by atoms with Crippen LogP contribution >= 0.6 is 0 Å². The molecule has 0 fully saturated rings. The van der Waals surface area contributed by atoms with Crippen molar-refractivity contribution in [1.82, 2.24) is 4.57 Å². The Morgan fingerprint density at radius 2 is 1.75 bits per heavy atom. The number of hydrogen-bond donors (Lipinski definition) is 0. The van der Waals surface area contributed by atoms with E-state index in [9.17, 15) is 4.79 Å². The number of hydrogen-bond acceptors (Lipinski definition) is 1. The zero-order chi connectivity index (χ0) is 17.1. The van der Waals surface area contributed by atoms with Gasteiger partial charge >= 0.3 is 0 Å². The summed E-state index contributed by atoms with van der Waals surface area (Å²) in [5.74, 6) is 0.380. The van der Waals surface area contributed by atoms with Gasteiger partial charge in [0.25, 0.3) is 0 Å². The Hall–Kier alpha value is -2.61. The highest BCUT2D eigenvalue weighted by molar-refractivity contribution is 5.92. The van der Waals surface area contributed by atoms with E-state index >= 15 is 0 Å². The molecule has 0 atom stereocenters. The number of rotatable bonds is 5. The number of para-hydroxylation sites is 1. The second-order valence-electron chi connectivity index (χ2n) is 6.59. The van der Waals surface area contributed by atoms with Gasteiger partial charge in [-0.2, -0.15) is 0 Å². The number of aromatic nitrogens is 1. The largest absolute Gasteiger partial charge is 0.350 e. The minimum atomic E-state index is 0.0935. The lowest BCUT2D eigenvalue weighted by Crippen LogP contribution is -2.09. The van der Waals surface area contributed by atoms with Crippen LogP contribution < -0.4 is 0 Å². The SMILES string of the molecule is CC(C)C(=O)Cc1ccc(/C=C/c2cn(C)c3ccccc23)cc1. The van der Waals surface area contributed by atoms with Gasteiger partial charge < -0.3 is 4.57 Å². The topological polar surface area (TPSA) is 22.0 Å². The first-order valence-corrected chi connectivity index (χ1v) is 8.38. The van der Waals surface area contributed by atoms with Crippen molar-refractivity contribution in [2.45, 2.75) is 20.3 Å². The summed E-state index contributed by atoms with van der Waals surface area (Å²) < 4.78 is 2.15. The van der Waals surface area contributed by atoms with Crippen LogP contribution in [0.2, 0.25) is 0 Å². The molecular formula is C22H23NO. The Bertz CT molecular complexity index is 882. The molecule has 3 rings (SSSR count). The van der Waals surface area contributed by atoms with Gasteiger partial charge in [0.05, 0.1) is 0 Å². The number of Topliss-reactive ketones (excluding diaryl/α,β-unsaturated/α-hetero) is 1. The van der Waals surface area contributed by atoms with E-state index in [0.29, 0.717) is 6.42 Å². The van der Waals surface area contributed by atoms with Gasteiger partial charge in [0.2, 0.25) is 0 Å². The van der Waals surface area contributed by atoms with Gasteiger partial charge in [-0.15, -0.1) is 0 Å². The van der Waals surface area contributed by atoms with Crippen LogP contribution in [-0.2, 0) is 18.3 Å². The molecule has 2 heteroatoms. The summed E-state index contributed by atoms with van der Waals surface area (Å²) >= 11 is 0. The number of carbonyl (C=O) groups is 1. The molecule has 0 saturated carbocycles. The third-order valence-corrected chi connectivity index (χ3v) is 4.39. The van der Waals surface area contributed by atoms with Gasteiger partial charge in [0, 0.05) is 36.5 Å². The van der Waals surface area contributed by atoms with Crippen LogP contribution in [0.15, 0.2) is 54.7 Å². The fraction of sp³-hybridized carbons (Fsp3) is 0.227.